The van der Waals surface area contributed by atoms with Gasteiger partial charge < -0.3 is 0 Å². The first kappa shape index (κ1) is 15.0. The molecule has 0 radical (unpaired) electrons. The van der Waals surface area contributed by atoms with Crippen molar-refractivity contribution in [2.24, 2.45) is 0 Å². The lowest BCUT2D eigenvalue weighted by atomic mass is 10.4. The van der Waals surface area contributed by atoms with Crippen LogP contribution in [-0.4, -0.2) is 44.2 Å². The van der Waals surface area contributed by atoms with Crippen LogP contribution in [0.2, 0.25) is 0 Å². The Kier molecular flexibility index (Phi) is 6.96. The fraction of sp³-hybridized carbons (Fsp3) is 1.00. The Labute approximate surface area is 114 Å². The highest BCUT2D eigenvalue weighted by molar-refractivity contribution is 8.18. The second-order valence-corrected chi connectivity index (χ2v) is 8.11. The Morgan fingerprint density at radius 2 is 1.75 bits per heavy atom. The number of nitrogens with zero attached hydrogens (tertiary/aromatic N) is 2. The largest absolute Gasteiger partial charge is 0.240 e. The molecule has 0 amide bonds. The number of thiol groups is 1. The molecule has 0 aromatic carbocycles. The molecular formula is C11H24N2S3. The van der Waals surface area contributed by atoms with E-state index in [9.17, 15) is 0 Å². The van der Waals surface area contributed by atoms with E-state index in [0.717, 1.165) is 25.3 Å². The van der Waals surface area contributed by atoms with Crippen molar-refractivity contribution in [1.82, 2.24) is 10.0 Å². The van der Waals surface area contributed by atoms with Gasteiger partial charge >= 0.3 is 0 Å². The average molecular weight is 281 g/mol. The van der Waals surface area contributed by atoms with Crippen LogP contribution < -0.4 is 0 Å². The Balaban J connectivity index is 2.59. The first-order chi connectivity index (χ1) is 7.60. The monoisotopic (exact) mass is 280 g/mol. The third-order valence-corrected chi connectivity index (χ3v) is 5.76. The number of hydrogen-bond acceptors (Lipinski definition) is 5. The lowest BCUT2D eigenvalue weighted by molar-refractivity contribution is -0.0336. The summed E-state index contributed by atoms with van der Waals surface area (Å²) < 4.78 is 0.713. The van der Waals surface area contributed by atoms with Crippen molar-refractivity contribution in [3.05, 3.63) is 0 Å². The van der Waals surface area contributed by atoms with E-state index >= 15 is 0 Å². The van der Waals surface area contributed by atoms with Gasteiger partial charge in [0, 0.05) is 13.1 Å². The summed E-state index contributed by atoms with van der Waals surface area (Å²) in [7, 11) is 0. The van der Waals surface area contributed by atoms with Crippen molar-refractivity contribution in [1.29, 1.82) is 0 Å². The van der Waals surface area contributed by atoms with Gasteiger partial charge in [-0.25, -0.2) is 10.0 Å². The van der Waals surface area contributed by atoms with Crippen molar-refractivity contribution >= 4 is 36.2 Å². The Morgan fingerprint density at radius 1 is 1.19 bits per heavy atom. The third-order valence-electron chi connectivity index (χ3n) is 2.79. The fourth-order valence-electron chi connectivity index (χ4n) is 2.16. The first-order valence-electron chi connectivity index (χ1n) is 6.05. The molecule has 0 N–H and O–H groups in total. The van der Waals surface area contributed by atoms with Crippen LogP contribution in [0.4, 0.5) is 0 Å². The van der Waals surface area contributed by atoms with E-state index < -0.39 is 0 Å². The van der Waals surface area contributed by atoms with Gasteiger partial charge in [-0.15, -0.1) is 23.5 Å². The predicted octanol–water partition coefficient (Wildman–Crippen LogP) is 3.36. The Hall–Kier alpha value is 0.970. The van der Waals surface area contributed by atoms with Gasteiger partial charge in [-0.3, -0.25) is 0 Å². The zero-order valence-corrected chi connectivity index (χ0v) is 13.2. The molecule has 2 atom stereocenters. The molecule has 96 valence electrons. The molecule has 0 aromatic heterocycles. The van der Waals surface area contributed by atoms with Crippen LogP contribution in [0.3, 0.4) is 0 Å². The van der Waals surface area contributed by atoms with E-state index in [1.54, 1.807) is 0 Å². The summed E-state index contributed by atoms with van der Waals surface area (Å²) in [6, 6.07) is 0. The number of hydrogen-bond donors (Lipinski definition) is 1. The molecule has 16 heavy (non-hydrogen) atoms. The van der Waals surface area contributed by atoms with Crippen molar-refractivity contribution < 1.29 is 0 Å². The summed E-state index contributed by atoms with van der Waals surface area (Å²) in [6.07, 6.45) is 1.16. The van der Waals surface area contributed by atoms with E-state index in [2.05, 4.69) is 73.9 Å². The maximum atomic E-state index is 4.30. The summed E-state index contributed by atoms with van der Waals surface area (Å²) in [5.41, 5.74) is 0. The molecule has 0 aromatic rings. The minimum atomic E-state index is 0.589. The van der Waals surface area contributed by atoms with Crippen LogP contribution in [0.15, 0.2) is 0 Å². The molecule has 0 bridgehead atoms. The molecular weight excluding hydrogens is 256 g/mol. The zero-order valence-electron chi connectivity index (χ0n) is 10.7. The van der Waals surface area contributed by atoms with Gasteiger partial charge in [0.05, 0.1) is 15.3 Å². The smallest absolute Gasteiger partial charge is 0.0694 e. The lowest BCUT2D eigenvalue weighted by Gasteiger charge is -2.46. The maximum Gasteiger partial charge on any atom is 0.0694 e. The number of thioether (sulfide) groups is 2. The van der Waals surface area contributed by atoms with E-state index in [4.69, 9.17) is 0 Å². The summed E-state index contributed by atoms with van der Waals surface area (Å²) in [5.74, 6) is 0.976. The minimum absolute atomic E-state index is 0.589. The third kappa shape index (κ3) is 4.02. The van der Waals surface area contributed by atoms with Gasteiger partial charge in [0.2, 0.25) is 0 Å². The van der Waals surface area contributed by atoms with Crippen LogP contribution in [0.25, 0.3) is 0 Å². The molecule has 2 nitrogen and oxygen atoms in total. The second-order valence-electron chi connectivity index (χ2n) is 4.04. The first-order valence-corrected chi connectivity index (χ1v) is 8.57. The van der Waals surface area contributed by atoms with Crippen LogP contribution >= 0.6 is 36.2 Å². The average Bonchev–Trinajstić information content (AvgIpc) is 2.21. The van der Waals surface area contributed by atoms with E-state index in [1.807, 2.05) is 0 Å². The minimum Gasteiger partial charge on any atom is -0.240 e. The van der Waals surface area contributed by atoms with Gasteiger partial charge in [-0.1, -0.05) is 6.92 Å². The highest BCUT2D eigenvalue weighted by Gasteiger charge is 2.32. The van der Waals surface area contributed by atoms with Gasteiger partial charge in [-0.2, -0.15) is 12.6 Å². The molecule has 1 heterocycles. The molecule has 0 spiro atoms. The summed E-state index contributed by atoms with van der Waals surface area (Å²) in [5, 5.41) is 6.20. The second kappa shape index (κ2) is 7.41. The van der Waals surface area contributed by atoms with Gasteiger partial charge in [0.1, 0.15) is 0 Å². The lowest BCUT2D eigenvalue weighted by Crippen LogP contribution is -2.53. The molecule has 0 aliphatic carbocycles. The van der Waals surface area contributed by atoms with E-state index in [1.165, 1.54) is 0 Å². The molecule has 1 fully saturated rings. The zero-order chi connectivity index (χ0) is 12.1. The van der Waals surface area contributed by atoms with Gasteiger partial charge in [-0.05, 0) is 32.9 Å². The van der Waals surface area contributed by atoms with Crippen LogP contribution in [0.5, 0.6) is 0 Å². The highest BCUT2D eigenvalue weighted by Crippen LogP contribution is 2.40. The summed E-state index contributed by atoms with van der Waals surface area (Å²) >= 11 is 8.42. The molecule has 2 unspecified atom stereocenters. The summed E-state index contributed by atoms with van der Waals surface area (Å²) in [4.78, 5) is 0. The van der Waals surface area contributed by atoms with Crippen LogP contribution in [-0.2, 0) is 0 Å². The molecule has 1 aliphatic rings. The van der Waals surface area contributed by atoms with Gasteiger partial charge in [0.15, 0.2) is 0 Å². The van der Waals surface area contributed by atoms with E-state index in [-0.39, 0.29) is 0 Å². The Morgan fingerprint density at radius 3 is 2.19 bits per heavy atom. The SMILES string of the molecule is CCN(CCCS)N1C(C)SC(C)SC1C. The van der Waals surface area contributed by atoms with Gasteiger partial charge in [0.25, 0.3) is 0 Å². The fourth-order valence-corrected chi connectivity index (χ4v) is 5.59. The highest BCUT2D eigenvalue weighted by atomic mass is 32.2. The molecule has 1 saturated heterocycles. The predicted molar refractivity (Wildman–Crippen MR) is 81.1 cm³/mol. The van der Waals surface area contributed by atoms with Crippen molar-refractivity contribution in [3.8, 4) is 0 Å². The van der Waals surface area contributed by atoms with Crippen molar-refractivity contribution in [2.45, 2.75) is 49.4 Å². The normalized spacial score (nSPS) is 32.2. The Bertz CT molecular complexity index is 192. The van der Waals surface area contributed by atoms with Crippen molar-refractivity contribution in [2.75, 3.05) is 18.8 Å². The topological polar surface area (TPSA) is 6.48 Å². The quantitative estimate of drug-likeness (QED) is 0.771. The molecule has 0 saturated carbocycles. The molecule has 1 aliphatic heterocycles. The van der Waals surface area contributed by atoms with E-state index in [0.29, 0.717) is 15.3 Å². The number of hydrazine groups is 1. The standard InChI is InChI=1S/C11H24N2S3/c1-5-12(7-6-8-14)13-9(2)15-11(4)16-10(13)3/h9-11,14H,5-8H2,1-4H3. The number of rotatable bonds is 5. The van der Waals surface area contributed by atoms with Crippen LogP contribution in [0.1, 0.15) is 34.1 Å². The maximum absolute atomic E-state index is 4.30. The molecule has 5 heteroatoms. The van der Waals surface area contributed by atoms with Crippen LogP contribution in [0, 0.1) is 0 Å². The molecule has 1 rings (SSSR count). The summed E-state index contributed by atoms with van der Waals surface area (Å²) in [6.45, 7) is 11.4. The van der Waals surface area contributed by atoms with Crippen molar-refractivity contribution in [3.63, 3.8) is 0 Å².